The minimum atomic E-state index is -3.78. The van der Waals surface area contributed by atoms with Crippen molar-refractivity contribution in [3.05, 3.63) is 95.6 Å². The largest absolute Gasteiger partial charge is 0.455 e. The third kappa shape index (κ3) is 5.62. The van der Waals surface area contributed by atoms with E-state index in [1.54, 1.807) is 47.7 Å². The van der Waals surface area contributed by atoms with Crippen LogP contribution < -0.4 is 4.31 Å². The number of benzene rings is 3. The Morgan fingerprint density at radius 1 is 0.918 bits per heavy atom. The molecule has 250 valence electrons. The Hall–Kier alpha value is -5.14. The van der Waals surface area contributed by atoms with Gasteiger partial charge in [0.2, 0.25) is 10.0 Å². The van der Waals surface area contributed by atoms with Crippen LogP contribution in [0.4, 0.5) is 10.1 Å². The summed E-state index contributed by atoms with van der Waals surface area (Å²) in [5.41, 5.74) is 5.00. The minimum absolute atomic E-state index is 0.151. The number of furan rings is 1. The van der Waals surface area contributed by atoms with Crippen molar-refractivity contribution in [3.63, 3.8) is 0 Å². The summed E-state index contributed by atoms with van der Waals surface area (Å²) < 4.78 is 74.7. The van der Waals surface area contributed by atoms with E-state index < -0.39 is 25.7 Å². The maximum Gasteiger partial charge on any atom is 0.232 e. The molecule has 49 heavy (non-hydrogen) atoms. The summed E-state index contributed by atoms with van der Waals surface area (Å²) >= 11 is 0. The first-order valence-corrected chi connectivity index (χ1v) is 19.3. The molecule has 0 aliphatic heterocycles. The molecule has 0 spiro atoms. The Morgan fingerprint density at radius 2 is 1.65 bits per heavy atom. The fourth-order valence-corrected chi connectivity index (χ4v) is 7.36. The van der Waals surface area contributed by atoms with Gasteiger partial charge in [-0.3, -0.25) is 13.5 Å². The molecule has 0 atom stereocenters. The number of sulfone groups is 1. The molecule has 10 nitrogen and oxygen atoms in total. The van der Waals surface area contributed by atoms with Gasteiger partial charge in [0, 0.05) is 47.7 Å². The third-order valence-electron chi connectivity index (χ3n) is 8.64. The summed E-state index contributed by atoms with van der Waals surface area (Å²) in [5.74, 6) is -0.453. The number of hydrogen-bond acceptors (Lipinski definition) is 8. The first-order chi connectivity index (χ1) is 23.1. The van der Waals surface area contributed by atoms with Gasteiger partial charge in [0.15, 0.2) is 15.6 Å². The van der Waals surface area contributed by atoms with Gasteiger partial charge in [-0.15, -0.1) is 0 Å². The molecule has 0 radical (unpaired) electrons. The number of sulfonamides is 1. The highest BCUT2D eigenvalue weighted by molar-refractivity contribution is 7.92. The second-order valence-corrected chi connectivity index (χ2v) is 16.4. The molecule has 0 unspecified atom stereocenters. The summed E-state index contributed by atoms with van der Waals surface area (Å²) in [6.07, 6.45) is 2.39. The molecule has 0 bridgehead atoms. The lowest BCUT2D eigenvalue weighted by Crippen LogP contribution is -2.25. The molecule has 0 saturated heterocycles. The van der Waals surface area contributed by atoms with Gasteiger partial charge in [-0.2, -0.15) is 0 Å². The first-order valence-electron chi connectivity index (χ1n) is 15.4. The van der Waals surface area contributed by atoms with Crippen molar-refractivity contribution in [1.29, 1.82) is 0 Å². The number of carbonyl (C=O) groups is 1. The molecule has 4 aromatic heterocycles. The Bertz CT molecular complexity index is 2730. The van der Waals surface area contributed by atoms with Gasteiger partial charge in [-0.1, -0.05) is 42.8 Å². The van der Waals surface area contributed by atoms with Crippen molar-refractivity contribution in [2.45, 2.75) is 26.0 Å². The fourth-order valence-electron chi connectivity index (χ4n) is 6.19. The molecule has 4 heterocycles. The van der Waals surface area contributed by atoms with Gasteiger partial charge in [-0.25, -0.2) is 31.2 Å². The normalized spacial score (nSPS) is 12.4. The number of halogens is 1. The maximum absolute atomic E-state index is 15.0. The van der Waals surface area contributed by atoms with E-state index >= 15 is 4.39 Å². The number of pyridine rings is 1. The summed E-state index contributed by atoms with van der Waals surface area (Å²) in [7, 11) is -5.88. The first kappa shape index (κ1) is 32.4. The molecule has 3 aromatic carbocycles. The molecule has 7 aromatic rings. The molecule has 0 saturated carbocycles. The van der Waals surface area contributed by atoms with Crippen LogP contribution in [0.3, 0.4) is 0 Å². The number of carbonyl (C=O) groups excluding carboxylic acids is 1. The Balaban J connectivity index is 1.56. The number of aromatic nitrogens is 3. The highest BCUT2D eigenvalue weighted by atomic mass is 32.2. The zero-order valence-corrected chi connectivity index (χ0v) is 28.9. The Morgan fingerprint density at radius 3 is 2.33 bits per heavy atom. The number of fused-ring (bicyclic) bond motifs is 6. The lowest BCUT2D eigenvalue weighted by atomic mass is 9.97. The lowest BCUT2D eigenvalue weighted by molar-refractivity contribution is 0.0989. The van der Waals surface area contributed by atoms with Crippen LogP contribution in [-0.4, -0.2) is 56.5 Å². The molecule has 0 aliphatic rings. The van der Waals surface area contributed by atoms with Crippen molar-refractivity contribution in [1.82, 2.24) is 14.4 Å². The maximum atomic E-state index is 15.0. The highest BCUT2D eigenvalue weighted by Gasteiger charge is 2.27. The average Bonchev–Trinajstić information content (AvgIpc) is 3.63. The molecular formula is C36H31FN4O6S2. The zero-order valence-electron chi connectivity index (χ0n) is 27.3. The second kappa shape index (κ2) is 11.5. The minimum Gasteiger partial charge on any atom is -0.455 e. The zero-order chi connectivity index (χ0) is 35.0. The van der Waals surface area contributed by atoms with Crippen LogP contribution in [0, 0.1) is 12.7 Å². The van der Waals surface area contributed by atoms with E-state index in [4.69, 9.17) is 9.40 Å². The number of hydrogen-bond donors (Lipinski definition) is 0. The molecular weight excluding hydrogens is 668 g/mol. The number of Topliss-reactive ketones (excluding diaryl/α,β-unsaturated/α-hetero) is 1. The van der Waals surface area contributed by atoms with Crippen LogP contribution >= 0.6 is 0 Å². The van der Waals surface area contributed by atoms with E-state index in [0.29, 0.717) is 61.2 Å². The van der Waals surface area contributed by atoms with Crippen LogP contribution in [0.1, 0.15) is 35.1 Å². The molecule has 0 amide bonds. The summed E-state index contributed by atoms with van der Waals surface area (Å²) in [5, 5.41) is 0.759. The number of rotatable bonds is 8. The fraction of sp³-hybridized carbons (Fsp3) is 0.194. The molecule has 0 aliphatic carbocycles. The molecule has 7 rings (SSSR count). The van der Waals surface area contributed by atoms with E-state index in [9.17, 15) is 21.6 Å². The SMILES string of the molecule is CCC(=O)c1c(-c2ccc(C)cc2)oc2cc(N(C)S(C)(=O)=O)c(-c3ccc4nc(CS(C)(=O)=O)n5c6cccc(F)c6cc5c4n3)cc12. The van der Waals surface area contributed by atoms with E-state index in [0.717, 1.165) is 22.4 Å². The van der Waals surface area contributed by atoms with Gasteiger partial charge in [0.1, 0.15) is 34.3 Å². The van der Waals surface area contributed by atoms with Gasteiger partial charge in [0.25, 0.3) is 0 Å². The average molecular weight is 699 g/mol. The van der Waals surface area contributed by atoms with E-state index in [1.807, 2.05) is 31.2 Å². The quantitative estimate of drug-likeness (QED) is 0.154. The number of nitrogens with zero attached hydrogens (tertiary/aromatic N) is 4. The molecule has 0 fully saturated rings. The standard InChI is InChI=1S/C36H31FN4O6S2/c1-6-31(42)34-24-16-23(29(40(3)49(5,45)46)18-32(24)47-36(34)21-12-10-20(2)11-13-21)26-14-15-27-35(39-26)30-17-22-25(37)8-7-9-28(22)41(30)33(38-27)19-48(4,43)44/h7-18H,6,19H2,1-5H3. The molecule has 13 heteroatoms. The Labute approximate surface area is 281 Å². The predicted molar refractivity (Wildman–Crippen MR) is 190 cm³/mol. The van der Waals surface area contributed by atoms with Crippen LogP contribution in [0.2, 0.25) is 0 Å². The van der Waals surface area contributed by atoms with Crippen LogP contribution in [-0.2, 0) is 25.6 Å². The number of anilines is 1. The van der Waals surface area contributed by atoms with Gasteiger partial charge < -0.3 is 4.42 Å². The van der Waals surface area contributed by atoms with Crippen molar-refractivity contribution < 1.29 is 30.4 Å². The van der Waals surface area contributed by atoms with Gasteiger partial charge in [-0.05, 0) is 43.3 Å². The van der Waals surface area contributed by atoms with E-state index in [1.165, 1.54) is 19.2 Å². The van der Waals surface area contributed by atoms with Crippen molar-refractivity contribution in [2.75, 3.05) is 23.9 Å². The van der Waals surface area contributed by atoms with Crippen molar-refractivity contribution >= 4 is 69.8 Å². The van der Waals surface area contributed by atoms with Crippen LogP contribution in [0.5, 0.6) is 0 Å². The summed E-state index contributed by atoms with van der Waals surface area (Å²) in [6.45, 7) is 3.72. The predicted octanol–water partition coefficient (Wildman–Crippen LogP) is 7.10. The van der Waals surface area contributed by atoms with Gasteiger partial charge in [0.05, 0.1) is 39.8 Å². The third-order valence-corrected chi connectivity index (χ3v) is 10.6. The molecule has 0 N–H and O–H groups in total. The van der Waals surface area contributed by atoms with Crippen molar-refractivity contribution in [3.8, 4) is 22.6 Å². The summed E-state index contributed by atoms with van der Waals surface area (Å²) in [4.78, 5) is 23.1. The van der Waals surface area contributed by atoms with E-state index in [2.05, 4.69) is 4.98 Å². The highest BCUT2D eigenvalue weighted by Crippen LogP contribution is 2.42. The van der Waals surface area contributed by atoms with Crippen LogP contribution in [0.25, 0.3) is 61.0 Å². The summed E-state index contributed by atoms with van der Waals surface area (Å²) in [6, 6.07) is 20.3. The number of aryl methyl sites for hydroxylation is 1. The van der Waals surface area contributed by atoms with Crippen LogP contribution in [0.15, 0.2) is 77.2 Å². The van der Waals surface area contributed by atoms with Gasteiger partial charge >= 0.3 is 0 Å². The smallest absolute Gasteiger partial charge is 0.232 e. The van der Waals surface area contributed by atoms with E-state index in [-0.39, 0.29) is 34.9 Å². The topological polar surface area (TPSA) is 132 Å². The monoisotopic (exact) mass is 698 g/mol. The number of ketones is 1. The van der Waals surface area contributed by atoms with Crippen molar-refractivity contribution in [2.24, 2.45) is 0 Å². The second-order valence-electron chi connectivity index (χ2n) is 12.2. The Kier molecular flexibility index (Phi) is 7.60. The lowest BCUT2D eigenvalue weighted by Gasteiger charge is -2.20.